The fourth-order valence-corrected chi connectivity index (χ4v) is 2.75. The summed E-state index contributed by atoms with van der Waals surface area (Å²) in [6.07, 6.45) is 3.06. The van der Waals surface area contributed by atoms with Crippen LogP contribution >= 0.6 is 23.4 Å². The van der Waals surface area contributed by atoms with Crippen LogP contribution in [0, 0.1) is 0 Å². The van der Waals surface area contributed by atoms with Crippen LogP contribution in [0.15, 0.2) is 41.7 Å². The molecule has 1 atom stereocenters. The fraction of sp³-hybridized carbons (Fsp3) is 0.214. The smallest absolute Gasteiger partial charge is 0.230 e. The van der Waals surface area contributed by atoms with Crippen molar-refractivity contribution in [3.63, 3.8) is 0 Å². The average molecular weight is 323 g/mol. The van der Waals surface area contributed by atoms with E-state index >= 15 is 0 Å². The van der Waals surface area contributed by atoms with Crippen molar-refractivity contribution in [3.8, 4) is 0 Å². The van der Waals surface area contributed by atoms with Crippen molar-refractivity contribution in [3.05, 3.63) is 47.2 Å². The Kier molecular flexibility index (Phi) is 5.41. The highest BCUT2D eigenvalue weighted by Crippen LogP contribution is 2.23. The molecule has 2 aromatic rings. The number of nitrogens with zero attached hydrogens (tertiary/aromatic N) is 2. The Bertz CT molecular complexity index is 638. The number of nitrogens with one attached hydrogen (secondary N) is 1. The van der Waals surface area contributed by atoms with Gasteiger partial charge in [-0.15, -0.1) is 0 Å². The lowest BCUT2D eigenvalue weighted by Gasteiger charge is -2.15. The molecule has 0 bridgehead atoms. The molecule has 0 radical (unpaired) electrons. The van der Waals surface area contributed by atoms with Crippen LogP contribution in [0.4, 0.5) is 5.82 Å². The number of rotatable bonds is 5. The molecule has 0 spiro atoms. The molecule has 2 rings (SSSR count). The molecule has 7 heteroatoms. The van der Waals surface area contributed by atoms with Crippen LogP contribution in [-0.4, -0.2) is 21.6 Å². The van der Waals surface area contributed by atoms with Gasteiger partial charge in [-0.1, -0.05) is 41.6 Å². The monoisotopic (exact) mass is 322 g/mol. The van der Waals surface area contributed by atoms with Gasteiger partial charge < -0.3 is 11.1 Å². The van der Waals surface area contributed by atoms with E-state index in [9.17, 15) is 4.79 Å². The molecule has 3 N–H and O–H groups in total. The van der Waals surface area contributed by atoms with Crippen molar-refractivity contribution in [2.24, 2.45) is 0 Å². The third-order valence-electron chi connectivity index (χ3n) is 2.78. The molecule has 21 heavy (non-hydrogen) atoms. The Hall–Kier alpha value is -1.79. The van der Waals surface area contributed by atoms with E-state index in [1.807, 2.05) is 25.1 Å². The second-order valence-corrected chi connectivity index (χ2v) is 5.72. The van der Waals surface area contributed by atoms with Gasteiger partial charge in [-0.2, -0.15) is 0 Å². The van der Waals surface area contributed by atoms with Gasteiger partial charge in [0.2, 0.25) is 5.91 Å². The molecule has 0 saturated carbocycles. The molecule has 1 amide bonds. The number of carbonyl (C=O) groups is 1. The first-order valence-corrected chi connectivity index (χ1v) is 7.67. The summed E-state index contributed by atoms with van der Waals surface area (Å²) in [5, 5.41) is 4.08. The maximum absolute atomic E-state index is 12.0. The summed E-state index contributed by atoms with van der Waals surface area (Å²) < 4.78 is 0. The average Bonchev–Trinajstić information content (AvgIpc) is 2.46. The molecular weight excluding hydrogens is 308 g/mol. The molecule has 1 aromatic carbocycles. The van der Waals surface area contributed by atoms with Gasteiger partial charge >= 0.3 is 0 Å². The zero-order valence-corrected chi connectivity index (χ0v) is 13.0. The molecule has 1 heterocycles. The van der Waals surface area contributed by atoms with Gasteiger partial charge in [-0.05, 0) is 18.6 Å². The van der Waals surface area contributed by atoms with Crippen LogP contribution in [-0.2, 0) is 4.79 Å². The maximum atomic E-state index is 12.0. The van der Waals surface area contributed by atoms with Crippen LogP contribution < -0.4 is 11.1 Å². The maximum Gasteiger partial charge on any atom is 0.230 e. The van der Waals surface area contributed by atoms with Crippen molar-refractivity contribution in [2.75, 3.05) is 11.5 Å². The Labute approximate surface area is 132 Å². The molecular formula is C14H15ClN4OS. The minimum absolute atomic E-state index is 0.113. The number of nitrogen functional groups attached to an aromatic ring is 1. The Morgan fingerprint density at radius 3 is 2.81 bits per heavy atom. The molecule has 5 nitrogen and oxygen atoms in total. The summed E-state index contributed by atoms with van der Waals surface area (Å²) in [6.45, 7) is 1.89. The number of nitrogens with two attached hydrogens (primary N) is 1. The number of thioether (sulfide) groups is 1. The largest absolute Gasteiger partial charge is 0.381 e. The zero-order valence-electron chi connectivity index (χ0n) is 11.4. The van der Waals surface area contributed by atoms with E-state index in [2.05, 4.69) is 15.3 Å². The lowest BCUT2D eigenvalue weighted by atomic mass is 10.1. The predicted molar refractivity (Wildman–Crippen MR) is 85.2 cm³/mol. The van der Waals surface area contributed by atoms with Gasteiger partial charge in [0.1, 0.15) is 5.03 Å². The summed E-state index contributed by atoms with van der Waals surface area (Å²) in [7, 11) is 0. The number of carbonyl (C=O) groups excluding carboxylic acids is 1. The molecule has 110 valence electrons. The third kappa shape index (κ3) is 4.34. The van der Waals surface area contributed by atoms with E-state index in [4.69, 9.17) is 17.3 Å². The molecule has 1 unspecified atom stereocenters. The van der Waals surface area contributed by atoms with E-state index in [1.54, 1.807) is 12.3 Å². The number of anilines is 1. The van der Waals surface area contributed by atoms with E-state index in [1.165, 1.54) is 18.0 Å². The van der Waals surface area contributed by atoms with E-state index in [-0.39, 0.29) is 17.7 Å². The molecule has 1 aromatic heterocycles. The first-order chi connectivity index (χ1) is 10.1. The molecule has 0 aliphatic rings. The number of aromatic nitrogens is 2. The molecule has 0 fully saturated rings. The van der Waals surface area contributed by atoms with Crippen LogP contribution in [0.1, 0.15) is 18.5 Å². The fourth-order valence-electron chi connectivity index (χ4n) is 1.77. The van der Waals surface area contributed by atoms with Crippen molar-refractivity contribution in [2.45, 2.75) is 18.0 Å². The highest BCUT2D eigenvalue weighted by molar-refractivity contribution is 8.00. The van der Waals surface area contributed by atoms with Gasteiger partial charge in [0.15, 0.2) is 5.82 Å². The second-order valence-electron chi connectivity index (χ2n) is 4.35. The predicted octanol–water partition coefficient (Wildman–Crippen LogP) is 2.68. The lowest BCUT2D eigenvalue weighted by Crippen LogP contribution is -2.28. The number of benzene rings is 1. The second kappa shape index (κ2) is 7.28. The van der Waals surface area contributed by atoms with Crippen molar-refractivity contribution in [1.29, 1.82) is 0 Å². The number of hydrogen-bond acceptors (Lipinski definition) is 5. The normalized spacial score (nSPS) is 11.9. The van der Waals surface area contributed by atoms with E-state index in [0.717, 1.165) is 5.56 Å². The van der Waals surface area contributed by atoms with Gasteiger partial charge in [0.05, 0.1) is 11.8 Å². The minimum Gasteiger partial charge on any atom is -0.381 e. The highest BCUT2D eigenvalue weighted by atomic mass is 35.5. The lowest BCUT2D eigenvalue weighted by molar-refractivity contribution is -0.119. The summed E-state index contributed by atoms with van der Waals surface area (Å²) in [4.78, 5) is 20.0. The summed E-state index contributed by atoms with van der Waals surface area (Å²) in [5.74, 6) is 0.435. The standard InChI is InChI=1S/C14H15ClN4OS/c1-9(10-4-2-3-5-11(10)15)19-12(20)8-21-14-13(16)17-6-7-18-14/h2-7,9H,8H2,1H3,(H2,16,17)(H,19,20). The van der Waals surface area contributed by atoms with Gasteiger partial charge in [-0.25, -0.2) is 9.97 Å². The van der Waals surface area contributed by atoms with Crippen molar-refractivity contribution >= 4 is 35.1 Å². The summed E-state index contributed by atoms with van der Waals surface area (Å²) in [6, 6.07) is 7.27. The van der Waals surface area contributed by atoms with Crippen LogP contribution in [0.2, 0.25) is 5.02 Å². The molecule has 0 aliphatic carbocycles. The van der Waals surface area contributed by atoms with Gasteiger partial charge in [-0.3, -0.25) is 4.79 Å². The summed E-state index contributed by atoms with van der Waals surface area (Å²) >= 11 is 7.36. The van der Waals surface area contributed by atoms with Gasteiger partial charge in [0, 0.05) is 17.4 Å². The van der Waals surface area contributed by atoms with Crippen LogP contribution in [0.25, 0.3) is 0 Å². The van der Waals surface area contributed by atoms with Crippen LogP contribution in [0.5, 0.6) is 0 Å². The highest BCUT2D eigenvalue weighted by Gasteiger charge is 2.13. The minimum atomic E-state index is -0.161. The SMILES string of the molecule is CC(NC(=O)CSc1nccnc1N)c1ccccc1Cl. The Morgan fingerprint density at radius 2 is 2.10 bits per heavy atom. The van der Waals surface area contributed by atoms with E-state index in [0.29, 0.717) is 15.9 Å². The quantitative estimate of drug-likeness (QED) is 0.827. The Balaban J connectivity index is 1.90. The number of halogens is 1. The van der Waals surface area contributed by atoms with E-state index < -0.39 is 0 Å². The molecule has 0 aliphatic heterocycles. The Morgan fingerprint density at radius 1 is 1.38 bits per heavy atom. The summed E-state index contributed by atoms with van der Waals surface area (Å²) in [5.41, 5.74) is 6.56. The zero-order chi connectivity index (χ0) is 15.2. The first kappa shape index (κ1) is 15.6. The number of amides is 1. The van der Waals surface area contributed by atoms with Gasteiger partial charge in [0.25, 0.3) is 0 Å². The first-order valence-electron chi connectivity index (χ1n) is 6.31. The molecule has 0 saturated heterocycles. The third-order valence-corrected chi connectivity index (χ3v) is 4.12. The van der Waals surface area contributed by atoms with Crippen molar-refractivity contribution in [1.82, 2.24) is 15.3 Å². The topological polar surface area (TPSA) is 80.9 Å². The van der Waals surface area contributed by atoms with Crippen LogP contribution in [0.3, 0.4) is 0 Å². The van der Waals surface area contributed by atoms with Crippen molar-refractivity contribution < 1.29 is 4.79 Å². The number of hydrogen-bond donors (Lipinski definition) is 2.